The predicted molar refractivity (Wildman–Crippen MR) is 133 cm³/mol. The van der Waals surface area contributed by atoms with Crippen molar-refractivity contribution >= 4 is 23.2 Å². The van der Waals surface area contributed by atoms with Gasteiger partial charge in [-0.2, -0.15) is 0 Å². The van der Waals surface area contributed by atoms with Crippen LogP contribution in [0.4, 0.5) is 15.8 Å². The van der Waals surface area contributed by atoms with E-state index in [0.29, 0.717) is 35.6 Å². The highest BCUT2D eigenvalue weighted by Crippen LogP contribution is 2.35. The standard InChI is InChI=1S/C28H23FN4O2/c1-17-7-10-21(29)15-24(17)27(34)32-22-11-8-19(9-12-22)28(35)33-14-13-20-16-30-18(2)31-26(20)23-5-3-4-6-25(23)33/h3-12,15-16H,13-14H2,1-2H3,(H,32,34). The van der Waals surface area contributed by atoms with E-state index in [4.69, 9.17) is 0 Å². The van der Waals surface area contributed by atoms with Gasteiger partial charge in [-0.15, -0.1) is 0 Å². The Kier molecular flexibility index (Phi) is 5.82. The molecule has 0 spiro atoms. The van der Waals surface area contributed by atoms with Crippen LogP contribution in [0.5, 0.6) is 0 Å². The molecule has 1 aromatic heterocycles. The maximum atomic E-state index is 13.6. The topological polar surface area (TPSA) is 75.2 Å². The first kappa shape index (κ1) is 22.4. The summed E-state index contributed by atoms with van der Waals surface area (Å²) < 4.78 is 13.6. The van der Waals surface area contributed by atoms with Crippen LogP contribution >= 0.6 is 0 Å². The summed E-state index contributed by atoms with van der Waals surface area (Å²) in [4.78, 5) is 36.9. The Morgan fingerprint density at radius 2 is 1.77 bits per heavy atom. The number of nitrogens with zero attached hydrogens (tertiary/aromatic N) is 3. The molecule has 0 bridgehead atoms. The molecule has 0 aliphatic carbocycles. The molecule has 0 saturated carbocycles. The Labute approximate surface area is 202 Å². The van der Waals surface area contributed by atoms with Gasteiger partial charge in [-0.25, -0.2) is 14.4 Å². The van der Waals surface area contributed by atoms with Gasteiger partial charge in [0.05, 0.1) is 11.4 Å². The highest BCUT2D eigenvalue weighted by atomic mass is 19.1. The molecule has 1 N–H and O–H groups in total. The van der Waals surface area contributed by atoms with Gasteiger partial charge >= 0.3 is 0 Å². The number of hydrogen-bond donors (Lipinski definition) is 1. The van der Waals surface area contributed by atoms with Crippen molar-refractivity contribution in [2.75, 3.05) is 16.8 Å². The van der Waals surface area contributed by atoms with Crippen molar-refractivity contribution in [2.24, 2.45) is 0 Å². The van der Waals surface area contributed by atoms with Gasteiger partial charge in [0, 0.05) is 35.1 Å². The fourth-order valence-electron chi connectivity index (χ4n) is 4.27. The summed E-state index contributed by atoms with van der Waals surface area (Å²) in [6.07, 6.45) is 2.47. The van der Waals surface area contributed by atoms with Crippen LogP contribution in [0.1, 0.15) is 37.7 Å². The first-order valence-electron chi connectivity index (χ1n) is 11.3. The van der Waals surface area contributed by atoms with Crippen molar-refractivity contribution in [1.82, 2.24) is 9.97 Å². The molecule has 0 fully saturated rings. The maximum absolute atomic E-state index is 13.6. The van der Waals surface area contributed by atoms with E-state index in [1.165, 1.54) is 12.1 Å². The molecule has 0 radical (unpaired) electrons. The monoisotopic (exact) mass is 466 g/mol. The van der Waals surface area contributed by atoms with Crippen LogP contribution in [0.25, 0.3) is 11.3 Å². The quantitative estimate of drug-likeness (QED) is 0.441. The normalized spacial score (nSPS) is 12.4. The van der Waals surface area contributed by atoms with Crippen LogP contribution in [0.15, 0.2) is 72.9 Å². The van der Waals surface area contributed by atoms with E-state index >= 15 is 0 Å². The van der Waals surface area contributed by atoms with Crippen molar-refractivity contribution in [1.29, 1.82) is 0 Å². The number of hydrogen-bond acceptors (Lipinski definition) is 4. The first-order chi connectivity index (χ1) is 16.9. The number of carbonyl (C=O) groups excluding carboxylic acids is 2. The maximum Gasteiger partial charge on any atom is 0.258 e. The second-order valence-electron chi connectivity index (χ2n) is 8.51. The van der Waals surface area contributed by atoms with Gasteiger partial charge in [-0.3, -0.25) is 9.59 Å². The third-order valence-corrected chi connectivity index (χ3v) is 6.12. The number of fused-ring (bicyclic) bond motifs is 3. The molecule has 174 valence electrons. The van der Waals surface area contributed by atoms with Crippen molar-refractivity contribution in [3.63, 3.8) is 0 Å². The third kappa shape index (κ3) is 4.40. The van der Waals surface area contributed by atoms with Gasteiger partial charge in [0.1, 0.15) is 11.6 Å². The van der Waals surface area contributed by atoms with Gasteiger partial charge in [0.25, 0.3) is 11.8 Å². The average Bonchev–Trinajstić information content (AvgIpc) is 3.02. The van der Waals surface area contributed by atoms with E-state index in [1.54, 1.807) is 42.2 Å². The number of aryl methyl sites for hydroxylation is 2. The minimum Gasteiger partial charge on any atom is -0.322 e. The SMILES string of the molecule is Cc1ncc2c(n1)-c1ccccc1N(C(=O)c1ccc(NC(=O)c3cc(F)ccc3C)cc1)CC2. The molecule has 7 heteroatoms. The number of rotatable bonds is 3. The smallest absolute Gasteiger partial charge is 0.258 e. The number of aromatic nitrogens is 2. The molecular weight excluding hydrogens is 443 g/mol. The van der Waals surface area contributed by atoms with Crippen molar-refractivity contribution < 1.29 is 14.0 Å². The molecule has 0 saturated heterocycles. The van der Waals surface area contributed by atoms with Gasteiger partial charge in [0.2, 0.25) is 0 Å². The lowest BCUT2D eigenvalue weighted by Crippen LogP contribution is -2.32. The van der Waals surface area contributed by atoms with E-state index in [2.05, 4.69) is 15.3 Å². The second-order valence-corrected chi connectivity index (χ2v) is 8.51. The Balaban J connectivity index is 1.39. The zero-order valence-electron chi connectivity index (χ0n) is 19.4. The van der Waals surface area contributed by atoms with Crippen LogP contribution in [0.3, 0.4) is 0 Å². The molecule has 1 aliphatic rings. The van der Waals surface area contributed by atoms with E-state index in [9.17, 15) is 14.0 Å². The number of anilines is 2. The number of halogens is 1. The molecular formula is C28H23FN4O2. The molecule has 3 aromatic carbocycles. The fourth-order valence-corrected chi connectivity index (χ4v) is 4.27. The minimum atomic E-state index is -0.470. The zero-order chi connectivity index (χ0) is 24.5. The first-order valence-corrected chi connectivity index (χ1v) is 11.3. The Morgan fingerprint density at radius 3 is 2.57 bits per heavy atom. The van der Waals surface area contributed by atoms with E-state index in [1.807, 2.05) is 37.4 Å². The lowest BCUT2D eigenvalue weighted by molar-refractivity contribution is 0.0986. The fraction of sp³-hybridized carbons (Fsp3) is 0.143. The van der Waals surface area contributed by atoms with E-state index < -0.39 is 11.7 Å². The lowest BCUT2D eigenvalue weighted by Gasteiger charge is -2.23. The Bertz CT molecular complexity index is 1450. The molecule has 6 nitrogen and oxygen atoms in total. The summed E-state index contributed by atoms with van der Waals surface area (Å²) >= 11 is 0. The molecule has 0 unspecified atom stereocenters. The summed E-state index contributed by atoms with van der Waals surface area (Å²) in [5, 5.41) is 2.77. The highest BCUT2D eigenvalue weighted by molar-refractivity contribution is 6.09. The summed E-state index contributed by atoms with van der Waals surface area (Å²) in [5.74, 6) is -0.336. The Hall–Kier alpha value is -4.39. The predicted octanol–water partition coefficient (Wildman–Crippen LogP) is 5.35. The van der Waals surface area contributed by atoms with Crippen molar-refractivity contribution in [3.05, 3.63) is 107 Å². The molecule has 2 amide bonds. The van der Waals surface area contributed by atoms with Crippen LogP contribution in [0, 0.1) is 19.7 Å². The molecule has 2 heterocycles. The number of amides is 2. The van der Waals surface area contributed by atoms with E-state index in [0.717, 1.165) is 22.5 Å². The van der Waals surface area contributed by atoms with Crippen molar-refractivity contribution in [2.45, 2.75) is 20.3 Å². The molecule has 0 atom stereocenters. The largest absolute Gasteiger partial charge is 0.322 e. The van der Waals surface area contributed by atoms with Crippen molar-refractivity contribution in [3.8, 4) is 11.3 Å². The molecule has 35 heavy (non-hydrogen) atoms. The van der Waals surface area contributed by atoms with Crippen LogP contribution in [-0.2, 0) is 6.42 Å². The summed E-state index contributed by atoms with van der Waals surface area (Å²) in [7, 11) is 0. The van der Waals surface area contributed by atoms with Gasteiger partial charge in [0.15, 0.2) is 0 Å². The average molecular weight is 467 g/mol. The number of benzene rings is 3. The summed E-state index contributed by atoms with van der Waals surface area (Å²) in [6, 6.07) is 18.5. The van der Waals surface area contributed by atoms with Crippen LogP contribution < -0.4 is 10.2 Å². The van der Waals surface area contributed by atoms with E-state index in [-0.39, 0.29) is 11.5 Å². The van der Waals surface area contributed by atoms with Gasteiger partial charge < -0.3 is 10.2 Å². The second kappa shape index (κ2) is 9.10. The minimum absolute atomic E-state index is 0.145. The molecule has 1 aliphatic heterocycles. The van der Waals surface area contributed by atoms with Crippen LogP contribution in [-0.4, -0.2) is 28.3 Å². The van der Waals surface area contributed by atoms with Gasteiger partial charge in [-0.05, 0) is 73.9 Å². The summed E-state index contributed by atoms with van der Waals surface area (Å²) in [5.41, 5.74) is 5.51. The number of carbonyl (C=O) groups is 2. The highest BCUT2D eigenvalue weighted by Gasteiger charge is 2.26. The lowest BCUT2D eigenvalue weighted by atomic mass is 10.0. The number of para-hydroxylation sites is 1. The third-order valence-electron chi connectivity index (χ3n) is 6.12. The zero-order valence-corrected chi connectivity index (χ0v) is 19.4. The molecule has 4 aromatic rings. The number of nitrogens with one attached hydrogen (secondary N) is 1. The summed E-state index contributed by atoms with van der Waals surface area (Å²) in [6.45, 7) is 4.10. The van der Waals surface area contributed by atoms with Gasteiger partial charge in [-0.1, -0.05) is 24.3 Å². The van der Waals surface area contributed by atoms with Crippen LogP contribution in [0.2, 0.25) is 0 Å². The molecule has 5 rings (SSSR count). The Morgan fingerprint density at radius 1 is 1.00 bits per heavy atom.